The molecular weight excluding hydrogens is 252 g/mol. The largest absolute Gasteiger partial charge is 0.464 e. The zero-order chi connectivity index (χ0) is 14.1. The summed E-state index contributed by atoms with van der Waals surface area (Å²) in [6.07, 6.45) is 3.78. The molecule has 0 aromatic heterocycles. The van der Waals surface area contributed by atoms with Crippen molar-refractivity contribution in [1.82, 2.24) is 0 Å². The summed E-state index contributed by atoms with van der Waals surface area (Å²) in [5.41, 5.74) is 0. The van der Waals surface area contributed by atoms with Gasteiger partial charge in [-0.05, 0) is 19.3 Å². The lowest BCUT2D eigenvalue weighted by molar-refractivity contribution is -0.161. The molecule has 0 saturated heterocycles. The van der Waals surface area contributed by atoms with Crippen LogP contribution in [0.3, 0.4) is 0 Å². The van der Waals surface area contributed by atoms with E-state index < -0.39 is 24.0 Å². The molecule has 1 aliphatic rings. The number of carbonyl (C=O) groups is 3. The maximum Gasteiger partial charge on any atom is 0.330 e. The molecule has 0 bridgehead atoms. The van der Waals surface area contributed by atoms with E-state index in [-0.39, 0.29) is 13.2 Å². The summed E-state index contributed by atoms with van der Waals surface area (Å²) in [7, 11) is 0. The maximum absolute atomic E-state index is 11.8. The monoisotopic (exact) mass is 270 g/mol. The van der Waals surface area contributed by atoms with Crippen molar-refractivity contribution in [3.05, 3.63) is 12.7 Å². The molecule has 1 aliphatic carbocycles. The van der Waals surface area contributed by atoms with E-state index in [9.17, 15) is 14.4 Å². The van der Waals surface area contributed by atoms with Gasteiger partial charge in [-0.3, -0.25) is 9.59 Å². The Kier molecular flexibility index (Phi) is 6.63. The average molecular weight is 270 g/mol. The van der Waals surface area contributed by atoms with Crippen molar-refractivity contribution < 1.29 is 28.6 Å². The standard InChI is InChI=1S/C13H18O6/c1-2-12(15)17-7-8-18-13(16)10-5-3-4-6-11(10)19-9-14/h2,9-11H,1,3-8H2. The van der Waals surface area contributed by atoms with Crippen LogP contribution in [0.4, 0.5) is 0 Å². The van der Waals surface area contributed by atoms with E-state index in [1.807, 2.05) is 0 Å². The Bertz CT molecular complexity index is 338. The Morgan fingerprint density at radius 3 is 2.53 bits per heavy atom. The third-order valence-electron chi connectivity index (χ3n) is 2.97. The summed E-state index contributed by atoms with van der Waals surface area (Å²) in [6.45, 7) is 3.59. The molecule has 0 heterocycles. The predicted molar refractivity (Wildman–Crippen MR) is 65.0 cm³/mol. The van der Waals surface area contributed by atoms with E-state index >= 15 is 0 Å². The van der Waals surface area contributed by atoms with Crippen LogP contribution in [0.25, 0.3) is 0 Å². The van der Waals surface area contributed by atoms with Gasteiger partial charge < -0.3 is 14.2 Å². The van der Waals surface area contributed by atoms with Gasteiger partial charge in [-0.1, -0.05) is 13.0 Å². The van der Waals surface area contributed by atoms with Crippen LogP contribution in [0.1, 0.15) is 25.7 Å². The van der Waals surface area contributed by atoms with Crippen LogP contribution in [0.2, 0.25) is 0 Å². The smallest absolute Gasteiger partial charge is 0.330 e. The minimum atomic E-state index is -0.559. The Hall–Kier alpha value is -1.85. The number of ether oxygens (including phenoxy) is 3. The predicted octanol–water partition coefficient (Wildman–Crippen LogP) is 0.991. The highest BCUT2D eigenvalue weighted by atomic mass is 16.6. The number of hydrogen-bond donors (Lipinski definition) is 0. The van der Waals surface area contributed by atoms with E-state index in [1.165, 1.54) is 0 Å². The first-order valence-corrected chi connectivity index (χ1v) is 6.24. The normalized spacial score (nSPS) is 22.1. The Labute approximate surface area is 111 Å². The number of esters is 2. The van der Waals surface area contributed by atoms with Gasteiger partial charge >= 0.3 is 11.9 Å². The molecule has 2 unspecified atom stereocenters. The topological polar surface area (TPSA) is 78.9 Å². The molecule has 0 aromatic rings. The first-order chi connectivity index (χ1) is 9.19. The van der Waals surface area contributed by atoms with Crippen LogP contribution in [0.5, 0.6) is 0 Å². The molecule has 106 valence electrons. The van der Waals surface area contributed by atoms with Crippen LogP contribution in [-0.2, 0) is 28.6 Å². The second-order valence-electron chi connectivity index (χ2n) is 4.20. The van der Waals surface area contributed by atoms with Gasteiger partial charge in [0.2, 0.25) is 0 Å². The summed E-state index contributed by atoms with van der Waals surface area (Å²) in [4.78, 5) is 32.9. The summed E-state index contributed by atoms with van der Waals surface area (Å²) in [6, 6.07) is 0. The molecule has 0 amide bonds. The van der Waals surface area contributed by atoms with Crippen molar-refractivity contribution in [3.63, 3.8) is 0 Å². The Balaban J connectivity index is 2.32. The fraction of sp³-hybridized carbons (Fsp3) is 0.615. The van der Waals surface area contributed by atoms with Crippen molar-refractivity contribution >= 4 is 18.4 Å². The Morgan fingerprint density at radius 2 is 1.84 bits per heavy atom. The lowest BCUT2D eigenvalue weighted by Gasteiger charge is -2.28. The molecule has 0 aliphatic heterocycles. The molecule has 2 atom stereocenters. The average Bonchev–Trinajstić information content (AvgIpc) is 2.44. The molecule has 1 rings (SSSR count). The highest BCUT2D eigenvalue weighted by Crippen LogP contribution is 2.27. The molecule has 0 aromatic carbocycles. The van der Waals surface area contributed by atoms with Gasteiger partial charge in [0, 0.05) is 6.08 Å². The van der Waals surface area contributed by atoms with Gasteiger partial charge in [0.05, 0.1) is 5.92 Å². The number of rotatable bonds is 7. The fourth-order valence-electron chi connectivity index (χ4n) is 2.05. The van der Waals surface area contributed by atoms with Gasteiger partial charge in [-0.25, -0.2) is 4.79 Å². The molecule has 1 saturated carbocycles. The highest BCUT2D eigenvalue weighted by molar-refractivity contribution is 5.81. The van der Waals surface area contributed by atoms with Crippen molar-refractivity contribution in [1.29, 1.82) is 0 Å². The minimum absolute atomic E-state index is 0.0112. The van der Waals surface area contributed by atoms with Gasteiger partial charge in [-0.2, -0.15) is 0 Å². The summed E-state index contributed by atoms with van der Waals surface area (Å²) >= 11 is 0. The van der Waals surface area contributed by atoms with E-state index in [4.69, 9.17) is 9.47 Å². The molecular formula is C13H18O6. The summed E-state index contributed by atoms with van der Waals surface area (Å²) < 4.78 is 14.6. The lowest BCUT2D eigenvalue weighted by Crippen LogP contribution is -2.35. The number of carbonyl (C=O) groups excluding carboxylic acids is 3. The first-order valence-electron chi connectivity index (χ1n) is 6.24. The van der Waals surface area contributed by atoms with Crippen molar-refractivity contribution in [2.75, 3.05) is 13.2 Å². The fourth-order valence-corrected chi connectivity index (χ4v) is 2.05. The van der Waals surface area contributed by atoms with Crippen LogP contribution in [0, 0.1) is 5.92 Å². The van der Waals surface area contributed by atoms with Crippen molar-refractivity contribution in [2.24, 2.45) is 5.92 Å². The van der Waals surface area contributed by atoms with Crippen LogP contribution >= 0.6 is 0 Å². The summed E-state index contributed by atoms with van der Waals surface area (Å²) in [5.74, 6) is -1.40. The molecule has 19 heavy (non-hydrogen) atoms. The zero-order valence-electron chi connectivity index (χ0n) is 10.7. The molecule has 0 radical (unpaired) electrons. The van der Waals surface area contributed by atoms with Gasteiger partial charge in [0.1, 0.15) is 19.3 Å². The summed E-state index contributed by atoms with van der Waals surface area (Å²) in [5, 5.41) is 0. The Morgan fingerprint density at radius 1 is 1.16 bits per heavy atom. The molecule has 6 heteroatoms. The van der Waals surface area contributed by atoms with Crippen LogP contribution < -0.4 is 0 Å². The maximum atomic E-state index is 11.8. The third kappa shape index (κ3) is 5.11. The molecule has 0 N–H and O–H groups in total. The quantitative estimate of drug-likeness (QED) is 0.226. The SMILES string of the molecule is C=CC(=O)OCCOC(=O)C1CCCCC1OC=O. The second kappa shape index (κ2) is 8.29. The van der Waals surface area contributed by atoms with Crippen LogP contribution in [-0.4, -0.2) is 37.7 Å². The van der Waals surface area contributed by atoms with Crippen molar-refractivity contribution in [3.8, 4) is 0 Å². The highest BCUT2D eigenvalue weighted by Gasteiger charge is 2.33. The van der Waals surface area contributed by atoms with Gasteiger partial charge in [0.15, 0.2) is 0 Å². The van der Waals surface area contributed by atoms with Gasteiger partial charge in [0.25, 0.3) is 6.47 Å². The molecule has 0 spiro atoms. The third-order valence-corrected chi connectivity index (χ3v) is 2.97. The zero-order valence-corrected chi connectivity index (χ0v) is 10.7. The lowest BCUT2D eigenvalue weighted by atomic mass is 9.86. The van der Waals surface area contributed by atoms with Gasteiger partial charge in [-0.15, -0.1) is 0 Å². The van der Waals surface area contributed by atoms with E-state index in [1.54, 1.807) is 0 Å². The molecule has 6 nitrogen and oxygen atoms in total. The van der Waals surface area contributed by atoms with E-state index in [2.05, 4.69) is 11.3 Å². The number of hydrogen-bond acceptors (Lipinski definition) is 6. The van der Waals surface area contributed by atoms with Crippen molar-refractivity contribution in [2.45, 2.75) is 31.8 Å². The molecule has 1 fully saturated rings. The van der Waals surface area contributed by atoms with Crippen LogP contribution in [0.15, 0.2) is 12.7 Å². The minimum Gasteiger partial charge on any atom is -0.464 e. The second-order valence-corrected chi connectivity index (χ2v) is 4.20. The van der Waals surface area contributed by atoms with E-state index in [0.29, 0.717) is 19.3 Å². The first kappa shape index (κ1) is 15.2. The van der Waals surface area contributed by atoms with E-state index in [0.717, 1.165) is 18.9 Å².